The Morgan fingerprint density at radius 1 is 1.24 bits per heavy atom. The monoisotopic (exact) mass is 283 g/mol. The van der Waals surface area contributed by atoms with Crippen molar-refractivity contribution in [2.75, 3.05) is 12.4 Å². The van der Waals surface area contributed by atoms with Gasteiger partial charge in [-0.1, -0.05) is 12.1 Å². The van der Waals surface area contributed by atoms with Gasteiger partial charge in [0.2, 0.25) is 5.91 Å². The van der Waals surface area contributed by atoms with Crippen molar-refractivity contribution in [2.45, 2.75) is 6.92 Å². The number of aryl methyl sites for hydroxylation is 1. The molecule has 2 N–H and O–H groups in total. The summed E-state index contributed by atoms with van der Waals surface area (Å²) in [6, 6.07) is 12.2. The molecule has 0 spiro atoms. The second-order valence-electron chi connectivity index (χ2n) is 4.60. The molecule has 0 saturated heterocycles. The second-order valence-corrected chi connectivity index (χ2v) is 4.60. The third-order valence-electron chi connectivity index (χ3n) is 2.99. The minimum Gasteiger partial charge on any atom is -0.508 e. The van der Waals surface area contributed by atoms with Crippen LogP contribution in [0.4, 0.5) is 5.69 Å². The van der Waals surface area contributed by atoms with Crippen LogP contribution in [0.25, 0.3) is 6.08 Å². The molecule has 0 aliphatic heterocycles. The van der Waals surface area contributed by atoms with Gasteiger partial charge in [-0.2, -0.15) is 0 Å². The smallest absolute Gasteiger partial charge is 0.248 e. The first kappa shape index (κ1) is 14.7. The highest BCUT2D eigenvalue weighted by molar-refractivity contribution is 6.02. The Labute approximate surface area is 123 Å². The van der Waals surface area contributed by atoms with Gasteiger partial charge in [-0.25, -0.2) is 0 Å². The van der Waals surface area contributed by atoms with E-state index in [-0.39, 0.29) is 11.7 Å². The van der Waals surface area contributed by atoms with Gasteiger partial charge in [0, 0.05) is 11.8 Å². The van der Waals surface area contributed by atoms with Gasteiger partial charge < -0.3 is 15.2 Å². The first-order valence-corrected chi connectivity index (χ1v) is 6.51. The van der Waals surface area contributed by atoms with Crippen LogP contribution >= 0.6 is 0 Å². The number of hydrogen-bond donors (Lipinski definition) is 2. The van der Waals surface area contributed by atoms with Crippen LogP contribution in [0.3, 0.4) is 0 Å². The lowest BCUT2D eigenvalue weighted by molar-refractivity contribution is -0.111. The first-order chi connectivity index (χ1) is 10.1. The number of carbonyl (C=O) groups excluding carboxylic acids is 1. The topological polar surface area (TPSA) is 58.6 Å². The summed E-state index contributed by atoms with van der Waals surface area (Å²) >= 11 is 0. The quantitative estimate of drug-likeness (QED) is 0.668. The van der Waals surface area contributed by atoms with E-state index in [2.05, 4.69) is 5.32 Å². The lowest BCUT2D eigenvalue weighted by atomic mass is 10.2. The molecule has 0 radical (unpaired) electrons. The van der Waals surface area contributed by atoms with Crippen LogP contribution in [-0.2, 0) is 4.79 Å². The van der Waals surface area contributed by atoms with E-state index in [1.807, 2.05) is 31.2 Å². The van der Waals surface area contributed by atoms with E-state index in [9.17, 15) is 9.90 Å². The summed E-state index contributed by atoms with van der Waals surface area (Å²) in [5.41, 5.74) is 2.36. The molecular formula is C17H17NO3. The minimum atomic E-state index is -0.230. The molecule has 0 heterocycles. The third kappa shape index (κ3) is 4.11. The molecule has 2 aromatic rings. The maximum atomic E-state index is 11.9. The summed E-state index contributed by atoms with van der Waals surface area (Å²) in [6.07, 6.45) is 3.18. The number of phenols is 1. The third-order valence-corrected chi connectivity index (χ3v) is 2.99. The zero-order chi connectivity index (χ0) is 15.2. The molecule has 2 rings (SSSR count). The Balaban J connectivity index is 2.05. The van der Waals surface area contributed by atoms with Crippen molar-refractivity contribution in [3.05, 3.63) is 59.7 Å². The Kier molecular flexibility index (Phi) is 4.61. The molecular weight excluding hydrogens is 266 g/mol. The van der Waals surface area contributed by atoms with E-state index >= 15 is 0 Å². The van der Waals surface area contributed by atoms with Crippen molar-refractivity contribution in [1.29, 1.82) is 0 Å². The number of methoxy groups -OCH3 is 1. The van der Waals surface area contributed by atoms with Gasteiger partial charge in [-0.3, -0.25) is 4.79 Å². The Morgan fingerprint density at radius 3 is 2.76 bits per heavy atom. The summed E-state index contributed by atoms with van der Waals surface area (Å²) in [4.78, 5) is 11.9. The molecule has 0 fully saturated rings. The van der Waals surface area contributed by atoms with Gasteiger partial charge in [0.15, 0.2) is 0 Å². The number of hydrogen-bond acceptors (Lipinski definition) is 3. The highest BCUT2D eigenvalue weighted by Crippen LogP contribution is 2.20. The lowest BCUT2D eigenvalue weighted by Gasteiger charge is -2.06. The fourth-order valence-corrected chi connectivity index (χ4v) is 1.88. The van der Waals surface area contributed by atoms with Crippen molar-refractivity contribution in [3.63, 3.8) is 0 Å². The van der Waals surface area contributed by atoms with Crippen LogP contribution in [-0.4, -0.2) is 18.1 Å². The highest BCUT2D eigenvalue weighted by Gasteiger charge is 2.02. The van der Waals surface area contributed by atoms with E-state index < -0.39 is 0 Å². The average molecular weight is 283 g/mol. The predicted octanol–water partition coefficient (Wildman–Crippen LogP) is 3.36. The highest BCUT2D eigenvalue weighted by atomic mass is 16.5. The normalized spacial score (nSPS) is 10.6. The molecule has 0 saturated carbocycles. The van der Waals surface area contributed by atoms with Crippen molar-refractivity contribution in [3.8, 4) is 11.5 Å². The molecule has 1 amide bonds. The van der Waals surface area contributed by atoms with Crippen molar-refractivity contribution < 1.29 is 14.6 Å². The largest absolute Gasteiger partial charge is 0.508 e. The summed E-state index contributed by atoms with van der Waals surface area (Å²) in [5.74, 6) is 0.691. The van der Waals surface area contributed by atoms with Gasteiger partial charge in [0.25, 0.3) is 0 Å². The molecule has 4 heteroatoms. The molecule has 0 unspecified atom stereocenters. The number of ether oxygens (including phenoxy) is 1. The van der Waals surface area contributed by atoms with E-state index in [0.717, 1.165) is 16.9 Å². The fourth-order valence-electron chi connectivity index (χ4n) is 1.88. The molecule has 0 atom stereocenters. The van der Waals surface area contributed by atoms with Crippen molar-refractivity contribution in [2.24, 2.45) is 0 Å². The number of phenolic OH excluding ortho intramolecular Hbond substituents is 1. The van der Waals surface area contributed by atoms with E-state index in [4.69, 9.17) is 4.74 Å². The fraction of sp³-hybridized carbons (Fsp3) is 0.118. The maximum absolute atomic E-state index is 11.9. The minimum absolute atomic E-state index is 0.178. The van der Waals surface area contributed by atoms with Gasteiger partial charge >= 0.3 is 0 Å². The van der Waals surface area contributed by atoms with Gasteiger partial charge in [-0.15, -0.1) is 0 Å². The number of benzene rings is 2. The maximum Gasteiger partial charge on any atom is 0.248 e. The van der Waals surface area contributed by atoms with Crippen molar-refractivity contribution >= 4 is 17.7 Å². The van der Waals surface area contributed by atoms with E-state index in [1.54, 1.807) is 25.3 Å². The Morgan fingerprint density at radius 2 is 2.05 bits per heavy atom. The number of anilines is 1. The molecule has 21 heavy (non-hydrogen) atoms. The predicted molar refractivity (Wildman–Crippen MR) is 83.5 cm³/mol. The van der Waals surface area contributed by atoms with E-state index in [1.165, 1.54) is 12.1 Å². The number of nitrogens with one attached hydrogen (secondary N) is 1. The molecule has 0 bridgehead atoms. The molecule has 2 aromatic carbocycles. The van der Waals surface area contributed by atoms with Gasteiger partial charge in [-0.05, 0) is 54.5 Å². The van der Waals surface area contributed by atoms with Crippen molar-refractivity contribution in [1.82, 2.24) is 0 Å². The van der Waals surface area contributed by atoms with Crippen LogP contribution in [0.15, 0.2) is 48.5 Å². The molecule has 0 aliphatic carbocycles. The van der Waals surface area contributed by atoms with Crippen LogP contribution in [0.5, 0.6) is 11.5 Å². The lowest BCUT2D eigenvalue weighted by Crippen LogP contribution is -2.08. The van der Waals surface area contributed by atoms with Gasteiger partial charge in [0.05, 0.1) is 7.11 Å². The summed E-state index contributed by atoms with van der Waals surface area (Å²) in [5, 5.41) is 12.1. The number of rotatable bonds is 4. The van der Waals surface area contributed by atoms with Crippen LogP contribution in [0.2, 0.25) is 0 Å². The summed E-state index contributed by atoms with van der Waals surface area (Å²) in [6.45, 7) is 1.82. The summed E-state index contributed by atoms with van der Waals surface area (Å²) in [7, 11) is 1.60. The second kappa shape index (κ2) is 6.61. The summed E-state index contributed by atoms with van der Waals surface area (Å²) < 4.78 is 5.13. The molecule has 0 aromatic heterocycles. The number of carbonyl (C=O) groups is 1. The molecule has 0 aliphatic rings. The Bertz CT molecular complexity index is 677. The van der Waals surface area contributed by atoms with Gasteiger partial charge in [0.1, 0.15) is 11.5 Å². The number of amides is 1. The van der Waals surface area contributed by atoms with E-state index in [0.29, 0.717) is 5.69 Å². The standard InChI is InChI=1S/C17H17NO3/c1-12-10-14(19)7-8-16(12)18-17(20)9-6-13-4-3-5-15(11-13)21-2/h3-11,19H,1-2H3,(H,18,20)/b9-6+. The SMILES string of the molecule is COc1cccc(/C=C/C(=O)Nc2ccc(O)cc2C)c1. The number of aromatic hydroxyl groups is 1. The van der Waals surface area contributed by atoms with Crippen LogP contribution < -0.4 is 10.1 Å². The Hall–Kier alpha value is -2.75. The average Bonchev–Trinajstić information content (AvgIpc) is 2.48. The first-order valence-electron chi connectivity index (χ1n) is 6.51. The van der Waals surface area contributed by atoms with Crippen LogP contribution in [0, 0.1) is 6.92 Å². The molecule has 108 valence electrons. The zero-order valence-corrected chi connectivity index (χ0v) is 12.0. The zero-order valence-electron chi connectivity index (χ0n) is 12.0. The molecule has 4 nitrogen and oxygen atoms in total. The van der Waals surface area contributed by atoms with Crippen LogP contribution in [0.1, 0.15) is 11.1 Å².